The minimum absolute atomic E-state index is 0.527. The molecule has 1 aromatic heterocycles. The van der Waals surface area contributed by atoms with Crippen LogP contribution in [0, 0.1) is 0 Å². The molecule has 2 N–H and O–H groups in total. The van der Waals surface area contributed by atoms with E-state index in [9.17, 15) is 0 Å². The van der Waals surface area contributed by atoms with Crippen molar-refractivity contribution in [1.29, 1.82) is 0 Å². The van der Waals surface area contributed by atoms with Gasteiger partial charge in [-0.1, -0.05) is 0 Å². The highest BCUT2D eigenvalue weighted by molar-refractivity contribution is 5.03. The molecule has 80 valence electrons. The number of aryl methyl sites for hydroxylation is 1. The molecule has 0 aromatic carbocycles. The summed E-state index contributed by atoms with van der Waals surface area (Å²) in [5, 5.41) is 4.15. The second-order valence-electron chi connectivity index (χ2n) is 3.88. The van der Waals surface area contributed by atoms with E-state index in [0.717, 1.165) is 13.1 Å². The molecule has 1 aromatic rings. The first-order valence-electron chi connectivity index (χ1n) is 5.05. The number of nitrogens with zero attached hydrogens (tertiary/aromatic N) is 3. The summed E-state index contributed by atoms with van der Waals surface area (Å²) in [6.45, 7) is 6.95. The van der Waals surface area contributed by atoms with Gasteiger partial charge in [0.15, 0.2) is 0 Å². The molecule has 0 saturated heterocycles. The minimum atomic E-state index is 0.527. The van der Waals surface area contributed by atoms with Crippen LogP contribution in [0.4, 0.5) is 0 Å². The van der Waals surface area contributed by atoms with Gasteiger partial charge in [0.1, 0.15) is 0 Å². The van der Waals surface area contributed by atoms with Gasteiger partial charge in [-0.3, -0.25) is 9.58 Å². The Labute approximate surface area is 85.7 Å². The van der Waals surface area contributed by atoms with Crippen molar-refractivity contribution >= 4 is 0 Å². The lowest BCUT2D eigenvalue weighted by atomic mass is 10.2. The Bertz CT molecular complexity index is 267. The van der Waals surface area contributed by atoms with Gasteiger partial charge in [-0.05, 0) is 13.8 Å². The summed E-state index contributed by atoms with van der Waals surface area (Å²) in [5.74, 6) is 0. The monoisotopic (exact) mass is 196 g/mol. The van der Waals surface area contributed by atoms with E-state index < -0.39 is 0 Å². The molecule has 0 aliphatic carbocycles. The van der Waals surface area contributed by atoms with Crippen LogP contribution in [0.1, 0.15) is 19.4 Å². The number of nitrogens with two attached hydrogens (primary N) is 1. The van der Waals surface area contributed by atoms with E-state index in [1.807, 2.05) is 24.1 Å². The summed E-state index contributed by atoms with van der Waals surface area (Å²) < 4.78 is 1.83. The van der Waals surface area contributed by atoms with E-state index in [1.165, 1.54) is 5.56 Å². The van der Waals surface area contributed by atoms with Crippen molar-refractivity contribution in [3.05, 3.63) is 18.0 Å². The molecule has 0 unspecified atom stereocenters. The Morgan fingerprint density at radius 3 is 2.71 bits per heavy atom. The Morgan fingerprint density at radius 1 is 1.57 bits per heavy atom. The molecule has 4 heteroatoms. The van der Waals surface area contributed by atoms with Gasteiger partial charge in [-0.25, -0.2) is 0 Å². The number of aromatic nitrogens is 2. The fourth-order valence-corrected chi connectivity index (χ4v) is 1.47. The van der Waals surface area contributed by atoms with Gasteiger partial charge in [0.2, 0.25) is 0 Å². The molecule has 0 atom stereocenters. The highest BCUT2D eigenvalue weighted by Crippen LogP contribution is 2.06. The largest absolute Gasteiger partial charge is 0.329 e. The molecule has 0 spiro atoms. The lowest BCUT2D eigenvalue weighted by Crippen LogP contribution is -2.34. The first-order chi connectivity index (χ1) is 6.63. The van der Waals surface area contributed by atoms with Crippen molar-refractivity contribution < 1.29 is 0 Å². The molecule has 0 fully saturated rings. The summed E-state index contributed by atoms with van der Waals surface area (Å²) in [7, 11) is 1.94. The van der Waals surface area contributed by atoms with Crippen molar-refractivity contribution in [2.24, 2.45) is 12.8 Å². The standard InChI is InChI=1S/C10H20N4/c1-9(2)14(5-4-11)8-10-6-12-13(3)7-10/h6-7,9H,4-5,8,11H2,1-3H3. The van der Waals surface area contributed by atoms with E-state index in [1.54, 1.807) is 0 Å². The van der Waals surface area contributed by atoms with Gasteiger partial charge in [0.25, 0.3) is 0 Å². The fourth-order valence-electron chi connectivity index (χ4n) is 1.47. The molecule has 1 heterocycles. The Balaban J connectivity index is 2.55. The van der Waals surface area contributed by atoms with Gasteiger partial charge in [-0.2, -0.15) is 5.10 Å². The Kier molecular flexibility index (Phi) is 4.10. The van der Waals surface area contributed by atoms with E-state index in [0.29, 0.717) is 12.6 Å². The molecular formula is C10H20N4. The highest BCUT2D eigenvalue weighted by atomic mass is 15.2. The van der Waals surface area contributed by atoms with Crippen molar-refractivity contribution in [1.82, 2.24) is 14.7 Å². The maximum absolute atomic E-state index is 5.56. The van der Waals surface area contributed by atoms with Crippen molar-refractivity contribution in [2.75, 3.05) is 13.1 Å². The second kappa shape index (κ2) is 5.12. The number of rotatable bonds is 5. The maximum atomic E-state index is 5.56. The predicted octanol–water partition coefficient (Wildman–Crippen LogP) is 0.589. The van der Waals surface area contributed by atoms with E-state index in [4.69, 9.17) is 5.73 Å². The molecule has 0 amide bonds. The van der Waals surface area contributed by atoms with Gasteiger partial charge < -0.3 is 5.73 Å². The van der Waals surface area contributed by atoms with Crippen LogP contribution >= 0.6 is 0 Å². The topological polar surface area (TPSA) is 47.1 Å². The second-order valence-corrected chi connectivity index (χ2v) is 3.88. The van der Waals surface area contributed by atoms with Crippen molar-refractivity contribution in [3.63, 3.8) is 0 Å². The minimum Gasteiger partial charge on any atom is -0.329 e. The van der Waals surface area contributed by atoms with Crippen LogP contribution in [0.2, 0.25) is 0 Å². The van der Waals surface area contributed by atoms with Crippen molar-refractivity contribution in [3.8, 4) is 0 Å². The summed E-state index contributed by atoms with van der Waals surface area (Å²) in [6.07, 6.45) is 3.96. The average molecular weight is 196 g/mol. The summed E-state index contributed by atoms with van der Waals surface area (Å²) >= 11 is 0. The van der Waals surface area contributed by atoms with Crippen LogP contribution in [0.3, 0.4) is 0 Å². The molecule has 4 nitrogen and oxygen atoms in total. The Morgan fingerprint density at radius 2 is 2.29 bits per heavy atom. The maximum Gasteiger partial charge on any atom is 0.0534 e. The van der Waals surface area contributed by atoms with E-state index >= 15 is 0 Å². The zero-order valence-electron chi connectivity index (χ0n) is 9.27. The predicted molar refractivity (Wildman–Crippen MR) is 57.8 cm³/mol. The zero-order chi connectivity index (χ0) is 10.6. The van der Waals surface area contributed by atoms with Crippen LogP contribution in [0.25, 0.3) is 0 Å². The van der Waals surface area contributed by atoms with Gasteiger partial charge in [0.05, 0.1) is 6.20 Å². The normalized spacial score (nSPS) is 11.6. The molecule has 0 aliphatic heterocycles. The van der Waals surface area contributed by atoms with Crippen LogP contribution in [0.15, 0.2) is 12.4 Å². The third kappa shape index (κ3) is 3.12. The van der Waals surface area contributed by atoms with Crippen LogP contribution in [0.5, 0.6) is 0 Å². The molecule has 1 rings (SSSR count). The molecule has 14 heavy (non-hydrogen) atoms. The quantitative estimate of drug-likeness (QED) is 0.749. The third-order valence-corrected chi connectivity index (χ3v) is 2.29. The SMILES string of the molecule is CC(C)N(CCN)Cc1cnn(C)c1. The van der Waals surface area contributed by atoms with E-state index in [-0.39, 0.29) is 0 Å². The third-order valence-electron chi connectivity index (χ3n) is 2.29. The van der Waals surface area contributed by atoms with E-state index in [2.05, 4.69) is 23.8 Å². The first-order valence-corrected chi connectivity index (χ1v) is 5.05. The Hall–Kier alpha value is -0.870. The summed E-state index contributed by atoms with van der Waals surface area (Å²) in [6, 6.07) is 0.527. The smallest absolute Gasteiger partial charge is 0.0534 e. The molecular weight excluding hydrogens is 176 g/mol. The van der Waals surface area contributed by atoms with Crippen LogP contribution in [-0.4, -0.2) is 33.8 Å². The van der Waals surface area contributed by atoms with Crippen LogP contribution < -0.4 is 5.73 Å². The van der Waals surface area contributed by atoms with Crippen molar-refractivity contribution in [2.45, 2.75) is 26.4 Å². The fraction of sp³-hybridized carbons (Fsp3) is 0.700. The summed E-state index contributed by atoms with van der Waals surface area (Å²) in [4.78, 5) is 2.34. The van der Waals surface area contributed by atoms with Crippen LogP contribution in [-0.2, 0) is 13.6 Å². The summed E-state index contributed by atoms with van der Waals surface area (Å²) in [5.41, 5.74) is 6.81. The van der Waals surface area contributed by atoms with Gasteiger partial charge >= 0.3 is 0 Å². The lowest BCUT2D eigenvalue weighted by Gasteiger charge is -2.24. The molecule has 0 bridgehead atoms. The number of hydrogen-bond donors (Lipinski definition) is 1. The van der Waals surface area contributed by atoms with Gasteiger partial charge in [0, 0.05) is 44.5 Å². The number of hydrogen-bond acceptors (Lipinski definition) is 3. The zero-order valence-corrected chi connectivity index (χ0v) is 9.27. The van der Waals surface area contributed by atoms with Gasteiger partial charge in [-0.15, -0.1) is 0 Å². The molecule has 0 radical (unpaired) electrons. The average Bonchev–Trinajstić information content (AvgIpc) is 2.50. The highest BCUT2D eigenvalue weighted by Gasteiger charge is 2.09. The molecule has 0 saturated carbocycles. The first kappa shape index (κ1) is 11.2. The molecule has 0 aliphatic rings. The lowest BCUT2D eigenvalue weighted by molar-refractivity contribution is 0.219.